The van der Waals surface area contributed by atoms with Crippen molar-refractivity contribution in [2.75, 3.05) is 12.0 Å². The van der Waals surface area contributed by atoms with E-state index in [1.165, 1.54) is 42.3 Å². The molecule has 2 aromatic heterocycles. The number of nitrogens with two attached hydrogens (primary N) is 2. The first-order chi connectivity index (χ1) is 18.4. The van der Waals surface area contributed by atoms with Gasteiger partial charge in [-0.15, -0.1) is 0 Å². The molecule has 10 nitrogen and oxygen atoms in total. The normalized spacial score (nSPS) is 11.2. The Hall–Kier alpha value is -5.00. The second kappa shape index (κ2) is 10.4. The van der Waals surface area contributed by atoms with Crippen molar-refractivity contribution in [1.29, 1.82) is 0 Å². The average Bonchev–Trinajstić information content (AvgIpc) is 3.30. The van der Waals surface area contributed by atoms with Gasteiger partial charge in [-0.25, -0.2) is 23.2 Å². The number of rotatable bonds is 7. The molecule has 39 heavy (non-hydrogen) atoms. The number of ether oxygens (including phenoxy) is 2. The number of methoxy groups -OCH3 is 1. The Balaban J connectivity index is 1.83. The van der Waals surface area contributed by atoms with E-state index in [9.17, 15) is 18.4 Å². The van der Waals surface area contributed by atoms with E-state index >= 15 is 0 Å². The minimum absolute atomic E-state index is 0.0210. The lowest BCUT2D eigenvalue weighted by atomic mass is 9.92. The van der Waals surface area contributed by atoms with Crippen LogP contribution in [-0.4, -0.2) is 33.8 Å². The number of urea groups is 1. The number of benzene rings is 2. The van der Waals surface area contributed by atoms with Crippen LogP contribution in [0.25, 0.3) is 5.69 Å². The largest absolute Gasteiger partial charge is 0.494 e. The first-order valence-electron chi connectivity index (χ1n) is 11.7. The van der Waals surface area contributed by atoms with Crippen molar-refractivity contribution in [1.82, 2.24) is 14.8 Å². The monoisotopic (exact) mass is 536 g/mol. The number of anilines is 2. The number of primary amides is 2. The summed E-state index contributed by atoms with van der Waals surface area (Å²) in [5, 5.41) is 4.54. The summed E-state index contributed by atoms with van der Waals surface area (Å²) in [4.78, 5) is 29.3. The summed E-state index contributed by atoms with van der Waals surface area (Å²) < 4.78 is 40.8. The summed E-state index contributed by atoms with van der Waals surface area (Å²) in [6, 6.07) is 11.1. The van der Waals surface area contributed by atoms with Gasteiger partial charge < -0.3 is 20.9 Å². The SMILES string of the molecule is COc1cc(Oc2ccnc(C(N)=O)c2)ccc1N(C(N)=O)c1cc(C(C)(C)C)nn1-c1cc(F)cc(F)c1. The molecule has 0 radical (unpaired) electrons. The summed E-state index contributed by atoms with van der Waals surface area (Å²) in [5.41, 5.74) is 11.4. The lowest BCUT2D eigenvalue weighted by Crippen LogP contribution is -2.33. The summed E-state index contributed by atoms with van der Waals surface area (Å²) >= 11 is 0. The smallest absolute Gasteiger partial charge is 0.325 e. The van der Waals surface area contributed by atoms with Crippen molar-refractivity contribution in [3.05, 3.63) is 83.8 Å². The number of nitrogens with zero attached hydrogens (tertiary/aromatic N) is 4. The van der Waals surface area contributed by atoms with Gasteiger partial charge in [0.2, 0.25) is 0 Å². The van der Waals surface area contributed by atoms with Crippen LogP contribution in [0.1, 0.15) is 37.0 Å². The maximum absolute atomic E-state index is 14.1. The fourth-order valence-electron chi connectivity index (χ4n) is 3.76. The predicted molar refractivity (Wildman–Crippen MR) is 140 cm³/mol. The van der Waals surface area contributed by atoms with Gasteiger partial charge >= 0.3 is 6.03 Å². The molecular formula is C27H26F2N6O4. The van der Waals surface area contributed by atoms with Gasteiger partial charge in [-0.05, 0) is 30.3 Å². The van der Waals surface area contributed by atoms with Gasteiger partial charge in [-0.3, -0.25) is 9.78 Å². The van der Waals surface area contributed by atoms with Crippen LogP contribution in [0.4, 0.5) is 25.1 Å². The molecule has 2 heterocycles. The van der Waals surface area contributed by atoms with Crippen LogP contribution in [0, 0.1) is 11.6 Å². The van der Waals surface area contributed by atoms with Crippen molar-refractivity contribution in [3.63, 3.8) is 0 Å². The lowest BCUT2D eigenvalue weighted by Gasteiger charge is -2.23. The van der Waals surface area contributed by atoms with Gasteiger partial charge in [-0.1, -0.05) is 20.8 Å². The summed E-state index contributed by atoms with van der Waals surface area (Å²) in [6.07, 6.45) is 1.37. The molecule has 202 valence electrons. The molecule has 4 aromatic rings. The number of hydrogen-bond acceptors (Lipinski definition) is 6. The van der Waals surface area contributed by atoms with Crippen LogP contribution in [0.2, 0.25) is 0 Å². The van der Waals surface area contributed by atoms with Crippen LogP contribution in [-0.2, 0) is 5.41 Å². The molecule has 0 spiro atoms. The van der Waals surface area contributed by atoms with Gasteiger partial charge in [0.1, 0.15) is 40.4 Å². The number of carbonyl (C=O) groups is 2. The second-order valence-corrected chi connectivity index (χ2v) is 9.53. The lowest BCUT2D eigenvalue weighted by molar-refractivity contribution is 0.0995. The molecule has 2 aromatic carbocycles. The van der Waals surface area contributed by atoms with Crippen LogP contribution in [0.5, 0.6) is 17.2 Å². The molecule has 4 N–H and O–H groups in total. The van der Waals surface area contributed by atoms with E-state index in [1.54, 1.807) is 12.1 Å². The molecule has 0 aliphatic heterocycles. The number of amides is 3. The molecular weight excluding hydrogens is 510 g/mol. The zero-order valence-corrected chi connectivity index (χ0v) is 21.6. The van der Waals surface area contributed by atoms with E-state index in [4.69, 9.17) is 20.9 Å². The third-order valence-electron chi connectivity index (χ3n) is 5.61. The predicted octanol–water partition coefficient (Wildman–Crippen LogP) is 4.96. The van der Waals surface area contributed by atoms with E-state index in [0.29, 0.717) is 17.2 Å². The molecule has 0 atom stereocenters. The number of pyridine rings is 1. The topological polar surface area (TPSA) is 139 Å². The molecule has 0 saturated carbocycles. The Kier molecular flexibility index (Phi) is 7.21. The standard InChI is InChI=1S/C27H26F2N6O4/c1-27(2,3)23-14-24(35(33-23)17-10-15(28)9-16(29)11-17)34(26(31)37)21-6-5-18(13-22(21)38-4)39-19-7-8-32-20(12-19)25(30)36/h5-14H,1-4H3,(H2,30,36)(H2,31,37). The summed E-state index contributed by atoms with van der Waals surface area (Å²) in [6.45, 7) is 5.71. The minimum atomic E-state index is -0.902. The average molecular weight is 537 g/mol. The maximum Gasteiger partial charge on any atom is 0.325 e. The van der Waals surface area contributed by atoms with Gasteiger partial charge in [0, 0.05) is 35.9 Å². The molecule has 0 saturated heterocycles. The highest BCUT2D eigenvalue weighted by molar-refractivity contribution is 5.99. The quantitative estimate of drug-likeness (QED) is 0.342. The second-order valence-electron chi connectivity index (χ2n) is 9.53. The van der Waals surface area contributed by atoms with Crippen molar-refractivity contribution in [2.24, 2.45) is 11.5 Å². The minimum Gasteiger partial charge on any atom is -0.494 e. The highest BCUT2D eigenvalue weighted by atomic mass is 19.1. The summed E-state index contributed by atoms with van der Waals surface area (Å²) in [7, 11) is 1.39. The molecule has 12 heteroatoms. The van der Waals surface area contributed by atoms with Crippen LogP contribution in [0.3, 0.4) is 0 Å². The highest BCUT2D eigenvalue weighted by Crippen LogP contribution is 2.39. The van der Waals surface area contributed by atoms with E-state index in [-0.39, 0.29) is 28.6 Å². The zero-order valence-electron chi connectivity index (χ0n) is 21.6. The van der Waals surface area contributed by atoms with Crippen LogP contribution < -0.4 is 25.8 Å². The zero-order chi connectivity index (χ0) is 28.5. The van der Waals surface area contributed by atoms with Crippen LogP contribution >= 0.6 is 0 Å². The molecule has 0 unspecified atom stereocenters. The maximum atomic E-state index is 14.1. The van der Waals surface area contributed by atoms with E-state index in [1.807, 2.05) is 20.8 Å². The Morgan fingerprint density at radius 3 is 2.21 bits per heavy atom. The van der Waals surface area contributed by atoms with Gasteiger partial charge in [-0.2, -0.15) is 5.10 Å². The van der Waals surface area contributed by atoms with E-state index < -0.39 is 29.0 Å². The Morgan fingerprint density at radius 2 is 1.62 bits per heavy atom. The highest BCUT2D eigenvalue weighted by Gasteiger charge is 2.29. The van der Waals surface area contributed by atoms with Crippen molar-refractivity contribution >= 4 is 23.4 Å². The van der Waals surface area contributed by atoms with Crippen molar-refractivity contribution in [3.8, 4) is 22.9 Å². The first kappa shape index (κ1) is 27.0. The number of aromatic nitrogens is 3. The summed E-state index contributed by atoms with van der Waals surface area (Å²) in [5.74, 6) is -1.43. The van der Waals surface area contributed by atoms with Gasteiger partial charge in [0.05, 0.1) is 24.2 Å². The number of carbonyl (C=O) groups excluding carboxylic acids is 2. The van der Waals surface area contributed by atoms with Gasteiger partial charge in [0.15, 0.2) is 0 Å². The molecule has 3 amide bonds. The van der Waals surface area contributed by atoms with E-state index in [2.05, 4.69) is 10.1 Å². The molecule has 0 bridgehead atoms. The third kappa shape index (κ3) is 5.79. The first-order valence-corrected chi connectivity index (χ1v) is 11.7. The Morgan fingerprint density at radius 1 is 0.949 bits per heavy atom. The Bertz CT molecular complexity index is 1540. The van der Waals surface area contributed by atoms with Crippen molar-refractivity contribution < 1.29 is 27.8 Å². The fourth-order valence-corrected chi connectivity index (χ4v) is 3.76. The Labute approximate surface area is 222 Å². The molecule has 0 aliphatic carbocycles. The molecule has 4 rings (SSSR count). The number of hydrogen-bond donors (Lipinski definition) is 2. The molecule has 0 fully saturated rings. The van der Waals surface area contributed by atoms with Gasteiger partial charge in [0.25, 0.3) is 5.91 Å². The fraction of sp³-hybridized carbons (Fsp3) is 0.185. The van der Waals surface area contributed by atoms with E-state index in [0.717, 1.165) is 23.1 Å². The molecule has 0 aliphatic rings. The van der Waals surface area contributed by atoms with Crippen molar-refractivity contribution in [2.45, 2.75) is 26.2 Å². The van der Waals surface area contributed by atoms with Crippen LogP contribution in [0.15, 0.2) is 60.8 Å². The number of halogens is 2. The third-order valence-corrected chi connectivity index (χ3v) is 5.61.